The van der Waals surface area contributed by atoms with Gasteiger partial charge in [-0.2, -0.15) is 0 Å². The van der Waals surface area contributed by atoms with Crippen LogP contribution in [-0.4, -0.2) is 10.7 Å². The fourth-order valence-electron chi connectivity index (χ4n) is 2.92. The van der Waals surface area contributed by atoms with E-state index >= 15 is 0 Å². The van der Waals surface area contributed by atoms with Crippen LogP contribution >= 0.6 is 31.9 Å². The van der Waals surface area contributed by atoms with Gasteiger partial charge < -0.3 is 0 Å². The van der Waals surface area contributed by atoms with Gasteiger partial charge in [0.25, 0.3) is 0 Å². The van der Waals surface area contributed by atoms with Crippen LogP contribution in [-0.2, 0) is 0 Å². The molecule has 0 rings (SSSR count). The van der Waals surface area contributed by atoms with Crippen molar-refractivity contribution in [3.8, 4) is 0 Å². The molecule has 0 nitrogen and oxygen atoms in total. The minimum atomic E-state index is 0.423. The second kappa shape index (κ2) is 12.5. The minimum Gasteiger partial charge on any atom is -0.0928 e. The summed E-state index contributed by atoms with van der Waals surface area (Å²) in [4.78, 5) is 0. The first-order chi connectivity index (χ1) is 9.49. The van der Waals surface area contributed by atoms with Gasteiger partial charge in [0.1, 0.15) is 0 Å². The van der Waals surface area contributed by atoms with Gasteiger partial charge in [-0.15, -0.1) is 0 Å². The Labute approximate surface area is 145 Å². The molecule has 2 unspecified atom stereocenters. The summed E-state index contributed by atoms with van der Waals surface area (Å²) >= 11 is 7.24. The first-order valence-corrected chi connectivity index (χ1v) is 10.9. The molecule has 2 atom stereocenters. The van der Waals surface area contributed by atoms with Gasteiger partial charge in [0.15, 0.2) is 0 Å². The lowest BCUT2D eigenvalue weighted by atomic mass is 9.71. The van der Waals surface area contributed by atoms with Crippen LogP contribution in [0.3, 0.4) is 0 Å². The maximum atomic E-state index is 3.72. The summed E-state index contributed by atoms with van der Waals surface area (Å²) in [6.07, 6.45) is 12.6. The molecule has 0 aromatic carbocycles. The second-order valence-electron chi connectivity index (χ2n) is 7.06. The van der Waals surface area contributed by atoms with Crippen LogP contribution in [0.2, 0.25) is 0 Å². The van der Waals surface area contributed by atoms with E-state index in [0.29, 0.717) is 5.41 Å². The van der Waals surface area contributed by atoms with Crippen LogP contribution in [0.1, 0.15) is 85.5 Å². The summed E-state index contributed by atoms with van der Waals surface area (Å²) in [5, 5.41) is 2.29. The zero-order chi connectivity index (χ0) is 15.4. The second-order valence-corrected chi connectivity index (χ2v) is 8.41. The van der Waals surface area contributed by atoms with Crippen molar-refractivity contribution in [2.75, 3.05) is 10.7 Å². The zero-order valence-corrected chi connectivity index (χ0v) is 17.4. The van der Waals surface area contributed by atoms with E-state index < -0.39 is 0 Å². The summed E-state index contributed by atoms with van der Waals surface area (Å²) in [5.41, 5.74) is 0.423. The molecular weight excluding hydrogens is 376 g/mol. The zero-order valence-electron chi connectivity index (χ0n) is 14.2. The third-order valence-corrected chi connectivity index (χ3v) is 6.93. The predicted octanol–water partition coefficient (Wildman–Crippen LogP) is 7.59. The van der Waals surface area contributed by atoms with E-state index in [1.54, 1.807) is 0 Å². The Balaban J connectivity index is 4.25. The highest BCUT2D eigenvalue weighted by Crippen LogP contribution is 2.38. The number of alkyl halides is 2. The van der Waals surface area contributed by atoms with Crippen molar-refractivity contribution in [1.29, 1.82) is 0 Å². The van der Waals surface area contributed by atoms with Gasteiger partial charge in [-0.25, -0.2) is 0 Å². The smallest absolute Gasteiger partial charge is 0.00853 e. The van der Waals surface area contributed by atoms with E-state index in [2.05, 4.69) is 59.6 Å². The maximum Gasteiger partial charge on any atom is 0.00853 e. The van der Waals surface area contributed by atoms with Crippen LogP contribution in [0.15, 0.2) is 0 Å². The lowest BCUT2D eigenvalue weighted by molar-refractivity contribution is 0.160. The predicted molar refractivity (Wildman–Crippen MR) is 101 cm³/mol. The molecule has 0 aliphatic heterocycles. The van der Waals surface area contributed by atoms with E-state index in [4.69, 9.17) is 0 Å². The molecule has 0 heterocycles. The lowest BCUT2D eigenvalue weighted by Gasteiger charge is -2.36. The molecule has 2 heteroatoms. The SMILES string of the molecule is CCCCCC(CCCCCCBr)C(C)C(C)(C)CBr. The highest BCUT2D eigenvalue weighted by atomic mass is 79.9. The molecule has 0 aromatic heterocycles. The van der Waals surface area contributed by atoms with Gasteiger partial charge in [0.05, 0.1) is 0 Å². The molecule has 0 amide bonds. The van der Waals surface area contributed by atoms with Gasteiger partial charge in [-0.3, -0.25) is 0 Å². The summed E-state index contributed by atoms with van der Waals surface area (Å²) < 4.78 is 0. The molecular formula is C18H36Br2. The van der Waals surface area contributed by atoms with Crippen LogP contribution in [0, 0.1) is 17.3 Å². The molecule has 0 bridgehead atoms. The third-order valence-electron chi connectivity index (χ3n) is 4.92. The minimum absolute atomic E-state index is 0.423. The average molecular weight is 412 g/mol. The molecule has 0 aliphatic rings. The number of hydrogen-bond donors (Lipinski definition) is 0. The van der Waals surface area contributed by atoms with E-state index in [1.165, 1.54) is 63.1 Å². The lowest BCUT2D eigenvalue weighted by Crippen LogP contribution is -2.30. The monoisotopic (exact) mass is 410 g/mol. The first kappa shape index (κ1) is 21.0. The Hall–Kier alpha value is 0.960. The van der Waals surface area contributed by atoms with Crippen molar-refractivity contribution in [3.63, 3.8) is 0 Å². The van der Waals surface area contributed by atoms with Crippen LogP contribution in [0.5, 0.6) is 0 Å². The topological polar surface area (TPSA) is 0 Å². The van der Waals surface area contributed by atoms with Crippen molar-refractivity contribution < 1.29 is 0 Å². The van der Waals surface area contributed by atoms with Gasteiger partial charge in [-0.1, -0.05) is 111 Å². The van der Waals surface area contributed by atoms with Crippen molar-refractivity contribution >= 4 is 31.9 Å². The number of unbranched alkanes of at least 4 members (excludes halogenated alkanes) is 5. The largest absolute Gasteiger partial charge is 0.0928 e. The Kier molecular flexibility index (Phi) is 13.1. The fourth-order valence-corrected chi connectivity index (χ4v) is 3.82. The fraction of sp³-hybridized carbons (Fsp3) is 1.00. The van der Waals surface area contributed by atoms with Gasteiger partial charge >= 0.3 is 0 Å². The first-order valence-electron chi connectivity index (χ1n) is 8.61. The van der Waals surface area contributed by atoms with Crippen LogP contribution in [0.4, 0.5) is 0 Å². The van der Waals surface area contributed by atoms with Crippen LogP contribution < -0.4 is 0 Å². The summed E-state index contributed by atoms with van der Waals surface area (Å²) in [6.45, 7) is 9.63. The van der Waals surface area contributed by atoms with Crippen LogP contribution in [0.25, 0.3) is 0 Å². The Bertz CT molecular complexity index is 213. The molecule has 122 valence electrons. The highest BCUT2D eigenvalue weighted by Gasteiger charge is 2.30. The summed E-state index contributed by atoms with van der Waals surface area (Å²) in [6, 6.07) is 0. The molecule has 20 heavy (non-hydrogen) atoms. The van der Waals surface area contributed by atoms with Gasteiger partial charge in [0, 0.05) is 10.7 Å². The average Bonchev–Trinajstić information content (AvgIpc) is 2.44. The van der Waals surface area contributed by atoms with Gasteiger partial charge in [0.2, 0.25) is 0 Å². The van der Waals surface area contributed by atoms with E-state index in [0.717, 1.165) is 17.2 Å². The van der Waals surface area contributed by atoms with Crippen molar-refractivity contribution in [2.45, 2.75) is 85.5 Å². The van der Waals surface area contributed by atoms with E-state index in [9.17, 15) is 0 Å². The molecule has 0 aromatic rings. The Morgan fingerprint density at radius 3 is 1.90 bits per heavy atom. The quantitative estimate of drug-likeness (QED) is 0.216. The van der Waals surface area contributed by atoms with Crippen molar-refractivity contribution in [3.05, 3.63) is 0 Å². The number of hydrogen-bond acceptors (Lipinski definition) is 0. The number of halogens is 2. The molecule has 0 radical (unpaired) electrons. The molecule has 0 spiro atoms. The van der Waals surface area contributed by atoms with Gasteiger partial charge in [-0.05, 0) is 23.7 Å². The maximum absolute atomic E-state index is 3.72. The van der Waals surface area contributed by atoms with Crippen molar-refractivity contribution in [1.82, 2.24) is 0 Å². The van der Waals surface area contributed by atoms with E-state index in [-0.39, 0.29) is 0 Å². The Morgan fingerprint density at radius 1 is 0.850 bits per heavy atom. The Morgan fingerprint density at radius 2 is 1.40 bits per heavy atom. The standard InChI is InChI=1S/C18H36Br2/c1-5-6-9-12-17(13-10-7-8-11-14-19)16(2)18(3,4)15-20/h16-17H,5-15H2,1-4H3. The molecule has 0 aliphatic carbocycles. The summed E-state index contributed by atoms with van der Waals surface area (Å²) in [5.74, 6) is 1.73. The molecule has 0 saturated carbocycles. The molecule has 0 fully saturated rings. The molecule has 0 saturated heterocycles. The number of rotatable bonds is 13. The van der Waals surface area contributed by atoms with Crippen molar-refractivity contribution in [2.24, 2.45) is 17.3 Å². The summed E-state index contributed by atoms with van der Waals surface area (Å²) in [7, 11) is 0. The molecule has 0 N–H and O–H groups in total. The third kappa shape index (κ3) is 9.07. The highest BCUT2D eigenvalue weighted by molar-refractivity contribution is 9.09. The normalized spacial score (nSPS) is 15.3. The van der Waals surface area contributed by atoms with E-state index in [1.807, 2.05) is 0 Å².